The minimum atomic E-state index is -0.869. The minimum Gasteiger partial charge on any atom is -0.322 e. The zero-order chi connectivity index (χ0) is 21.1. The molecule has 1 aromatic heterocycles. The van der Waals surface area contributed by atoms with Gasteiger partial charge >= 0.3 is 0 Å². The zero-order valence-electron chi connectivity index (χ0n) is 16.6. The average molecular weight is 399 g/mol. The Labute approximate surface area is 174 Å². The van der Waals surface area contributed by atoms with Crippen LogP contribution in [0.15, 0.2) is 79.1 Å². The van der Waals surface area contributed by atoms with Gasteiger partial charge in [0.1, 0.15) is 6.04 Å². The molecule has 0 N–H and O–H groups in total. The highest BCUT2D eigenvalue weighted by Crippen LogP contribution is 2.27. The second-order valence-corrected chi connectivity index (χ2v) is 7.28. The van der Waals surface area contributed by atoms with Crippen molar-refractivity contribution in [1.29, 1.82) is 0 Å². The van der Waals surface area contributed by atoms with Gasteiger partial charge in [0.05, 0.1) is 12.1 Å². The average Bonchev–Trinajstić information content (AvgIpc) is 3.07. The molecule has 1 saturated heterocycles. The molecule has 6 heteroatoms. The summed E-state index contributed by atoms with van der Waals surface area (Å²) >= 11 is 0. The van der Waals surface area contributed by atoms with Crippen LogP contribution < -0.4 is 4.90 Å². The van der Waals surface area contributed by atoms with E-state index in [9.17, 15) is 14.4 Å². The summed E-state index contributed by atoms with van der Waals surface area (Å²) in [6.45, 7) is 2.13. The van der Waals surface area contributed by atoms with Crippen molar-refractivity contribution in [3.63, 3.8) is 0 Å². The highest BCUT2D eigenvalue weighted by atomic mass is 16.2. The molecule has 0 bridgehead atoms. The van der Waals surface area contributed by atoms with Gasteiger partial charge in [-0.3, -0.25) is 19.4 Å². The van der Waals surface area contributed by atoms with E-state index in [1.54, 1.807) is 54.9 Å². The quantitative estimate of drug-likeness (QED) is 0.617. The second-order valence-electron chi connectivity index (χ2n) is 7.28. The molecular weight excluding hydrogens is 378 g/mol. The van der Waals surface area contributed by atoms with Crippen LogP contribution in [-0.2, 0) is 16.1 Å². The van der Waals surface area contributed by atoms with Crippen LogP contribution in [0, 0.1) is 6.92 Å². The Morgan fingerprint density at radius 3 is 2.43 bits per heavy atom. The van der Waals surface area contributed by atoms with Crippen molar-refractivity contribution in [3.05, 3.63) is 95.8 Å². The van der Waals surface area contributed by atoms with Gasteiger partial charge in [0.2, 0.25) is 5.91 Å². The Balaban J connectivity index is 1.68. The van der Waals surface area contributed by atoms with Crippen LogP contribution in [0.5, 0.6) is 0 Å². The Hall–Kier alpha value is -3.80. The molecule has 6 nitrogen and oxygen atoms in total. The maximum atomic E-state index is 13.4. The summed E-state index contributed by atoms with van der Waals surface area (Å²) in [5.41, 5.74) is 2.81. The van der Waals surface area contributed by atoms with E-state index in [1.165, 1.54) is 9.80 Å². The van der Waals surface area contributed by atoms with Gasteiger partial charge in [-0.15, -0.1) is 0 Å². The summed E-state index contributed by atoms with van der Waals surface area (Å²) < 4.78 is 0. The molecule has 0 saturated carbocycles. The number of aryl methyl sites for hydroxylation is 1. The van der Waals surface area contributed by atoms with Crippen molar-refractivity contribution in [2.75, 3.05) is 4.90 Å². The summed E-state index contributed by atoms with van der Waals surface area (Å²) in [7, 11) is 0. The molecule has 4 rings (SSSR count). The summed E-state index contributed by atoms with van der Waals surface area (Å²) in [6, 6.07) is 18.7. The van der Waals surface area contributed by atoms with Crippen molar-refractivity contribution < 1.29 is 14.4 Å². The summed E-state index contributed by atoms with van der Waals surface area (Å²) in [5, 5.41) is 0. The monoisotopic (exact) mass is 399 g/mol. The molecule has 1 aliphatic rings. The number of hydrogen-bond acceptors (Lipinski definition) is 4. The minimum absolute atomic E-state index is 0.0500. The number of aromatic nitrogens is 1. The smallest absolute Gasteiger partial charge is 0.257 e. The summed E-state index contributed by atoms with van der Waals surface area (Å²) in [5.74, 6) is -1.00. The van der Waals surface area contributed by atoms with Crippen molar-refractivity contribution >= 4 is 23.4 Å². The number of carbonyl (C=O) groups excluding carboxylic acids is 3. The van der Waals surface area contributed by atoms with E-state index in [4.69, 9.17) is 0 Å². The van der Waals surface area contributed by atoms with E-state index in [0.29, 0.717) is 11.3 Å². The molecule has 1 aliphatic heterocycles. The first-order valence-corrected chi connectivity index (χ1v) is 9.73. The lowest BCUT2D eigenvalue weighted by molar-refractivity contribution is -0.122. The molecule has 1 unspecified atom stereocenters. The van der Waals surface area contributed by atoms with Gasteiger partial charge in [-0.05, 0) is 42.8 Å². The number of pyridine rings is 1. The first-order chi connectivity index (χ1) is 14.5. The molecular formula is C24H21N3O3. The molecule has 0 aliphatic carbocycles. The summed E-state index contributed by atoms with van der Waals surface area (Å²) in [6.07, 6.45) is 3.26. The van der Waals surface area contributed by atoms with E-state index in [0.717, 1.165) is 11.1 Å². The number of nitrogens with zero attached hydrogens (tertiary/aromatic N) is 3. The first kappa shape index (κ1) is 19.5. The predicted octanol–water partition coefficient (Wildman–Crippen LogP) is 3.36. The van der Waals surface area contributed by atoms with E-state index < -0.39 is 11.9 Å². The fourth-order valence-corrected chi connectivity index (χ4v) is 3.58. The lowest BCUT2D eigenvalue weighted by Crippen LogP contribution is -2.45. The number of para-hydroxylation sites is 1. The maximum Gasteiger partial charge on any atom is 0.257 e. The van der Waals surface area contributed by atoms with Gasteiger partial charge in [-0.25, -0.2) is 4.90 Å². The van der Waals surface area contributed by atoms with Gasteiger partial charge < -0.3 is 4.90 Å². The van der Waals surface area contributed by atoms with Crippen molar-refractivity contribution in [1.82, 2.24) is 9.88 Å². The topological polar surface area (TPSA) is 70.6 Å². The number of hydrogen-bond donors (Lipinski definition) is 0. The number of anilines is 1. The van der Waals surface area contributed by atoms with Crippen molar-refractivity contribution in [2.24, 2.45) is 0 Å². The number of imide groups is 1. The van der Waals surface area contributed by atoms with E-state index in [-0.39, 0.29) is 24.8 Å². The molecule has 2 aromatic carbocycles. The van der Waals surface area contributed by atoms with Gasteiger partial charge in [0, 0.05) is 24.5 Å². The van der Waals surface area contributed by atoms with Crippen molar-refractivity contribution in [3.8, 4) is 0 Å². The van der Waals surface area contributed by atoms with E-state index in [1.807, 2.05) is 31.2 Å². The zero-order valence-corrected chi connectivity index (χ0v) is 16.6. The SMILES string of the molecule is Cc1ccc(C(=O)N(Cc2cccnc2)C2CC(=O)N(c3ccccc3)C2=O)cc1. The maximum absolute atomic E-state index is 13.4. The van der Waals surface area contributed by atoms with Gasteiger partial charge in [0.25, 0.3) is 11.8 Å². The number of benzene rings is 2. The molecule has 2 heterocycles. The predicted molar refractivity (Wildman–Crippen MR) is 113 cm³/mol. The third kappa shape index (κ3) is 3.85. The molecule has 0 spiro atoms. The van der Waals surface area contributed by atoms with Gasteiger partial charge in [-0.1, -0.05) is 42.0 Å². The van der Waals surface area contributed by atoms with Crippen LogP contribution in [0.2, 0.25) is 0 Å². The number of rotatable bonds is 5. The molecule has 1 atom stereocenters. The fourth-order valence-electron chi connectivity index (χ4n) is 3.58. The molecule has 1 fully saturated rings. The van der Waals surface area contributed by atoms with Crippen LogP contribution in [0.1, 0.15) is 27.9 Å². The third-order valence-electron chi connectivity index (χ3n) is 5.15. The number of amides is 3. The molecule has 150 valence electrons. The lowest BCUT2D eigenvalue weighted by Gasteiger charge is -2.28. The second kappa shape index (κ2) is 8.29. The van der Waals surface area contributed by atoms with Gasteiger partial charge in [0.15, 0.2) is 0 Å². The van der Waals surface area contributed by atoms with E-state index in [2.05, 4.69) is 4.98 Å². The van der Waals surface area contributed by atoms with Crippen LogP contribution in [0.3, 0.4) is 0 Å². The van der Waals surface area contributed by atoms with Crippen LogP contribution in [0.4, 0.5) is 5.69 Å². The standard InChI is InChI=1S/C24H21N3O3/c1-17-9-11-19(12-10-17)23(29)26(16-18-6-5-13-25-15-18)21-14-22(28)27(24(21)30)20-7-3-2-4-8-20/h2-13,15,21H,14,16H2,1H3. The van der Waals surface area contributed by atoms with Crippen molar-refractivity contribution in [2.45, 2.75) is 25.9 Å². The lowest BCUT2D eigenvalue weighted by atomic mass is 10.1. The largest absolute Gasteiger partial charge is 0.322 e. The fraction of sp³-hybridized carbons (Fsp3) is 0.167. The van der Waals surface area contributed by atoms with E-state index >= 15 is 0 Å². The molecule has 3 amide bonds. The normalized spacial score (nSPS) is 16.0. The first-order valence-electron chi connectivity index (χ1n) is 9.73. The summed E-state index contributed by atoms with van der Waals surface area (Å²) in [4.78, 5) is 46.1. The molecule has 3 aromatic rings. The van der Waals surface area contributed by atoms with Crippen LogP contribution in [-0.4, -0.2) is 33.6 Å². The van der Waals surface area contributed by atoms with Gasteiger partial charge in [-0.2, -0.15) is 0 Å². The Morgan fingerprint density at radius 1 is 1.03 bits per heavy atom. The Bertz CT molecular complexity index is 1070. The Morgan fingerprint density at radius 2 is 1.77 bits per heavy atom. The highest BCUT2D eigenvalue weighted by Gasteiger charge is 2.44. The van der Waals surface area contributed by atoms with Crippen LogP contribution in [0.25, 0.3) is 0 Å². The molecule has 0 radical (unpaired) electrons. The molecule has 30 heavy (non-hydrogen) atoms. The Kier molecular flexibility index (Phi) is 5.39. The number of carbonyl (C=O) groups is 3. The third-order valence-corrected chi connectivity index (χ3v) is 5.15. The van der Waals surface area contributed by atoms with Crippen LogP contribution >= 0.6 is 0 Å². The highest BCUT2D eigenvalue weighted by molar-refractivity contribution is 6.23.